The first-order chi connectivity index (χ1) is 9.90. The van der Waals surface area contributed by atoms with Crippen molar-refractivity contribution in [3.05, 3.63) is 62.9 Å². The lowest BCUT2D eigenvalue weighted by Crippen LogP contribution is -2.30. The molecule has 1 atom stereocenters. The molecule has 6 heteroatoms. The molecule has 0 bridgehead atoms. The number of benzene rings is 1. The van der Waals surface area contributed by atoms with Crippen LogP contribution >= 0.6 is 34.8 Å². The number of hydrogen-bond acceptors (Lipinski definition) is 2. The van der Waals surface area contributed by atoms with Gasteiger partial charge in [-0.15, -0.1) is 0 Å². The number of nitrogens with zero attached hydrogens (tertiary/aromatic N) is 2. The van der Waals surface area contributed by atoms with Crippen molar-refractivity contribution in [1.29, 1.82) is 0 Å². The Balaban J connectivity index is 2.26. The highest BCUT2D eigenvalue weighted by atomic mass is 35.5. The highest BCUT2D eigenvalue weighted by Gasteiger charge is 2.21. The summed E-state index contributed by atoms with van der Waals surface area (Å²) in [5.41, 5.74) is 1.11. The summed E-state index contributed by atoms with van der Waals surface area (Å²) in [5, 5.41) is 1.55. The van der Waals surface area contributed by atoms with Crippen molar-refractivity contribution in [2.45, 2.75) is 13.0 Å². The molecule has 1 heterocycles. The Hall–Kier alpha value is -1.29. The van der Waals surface area contributed by atoms with Crippen LogP contribution in [0.4, 0.5) is 0 Å². The molecule has 0 aliphatic rings. The summed E-state index contributed by atoms with van der Waals surface area (Å²) in [6.45, 7) is 1.89. The van der Waals surface area contributed by atoms with Crippen LogP contribution in [0.3, 0.4) is 0 Å². The van der Waals surface area contributed by atoms with Crippen LogP contribution in [-0.4, -0.2) is 22.8 Å². The van der Waals surface area contributed by atoms with E-state index in [0.29, 0.717) is 20.8 Å². The zero-order valence-corrected chi connectivity index (χ0v) is 13.7. The van der Waals surface area contributed by atoms with Crippen molar-refractivity contribution >= 4 is 40.7 Å². The van der Waals surface area contributed by atoms with E-state index in [2.05, 4.69) is 4.98 Å². The van der Waals surface area contributed by atoms with Gasteiger partial charge in [0.25, 0.3) is 5.91 Å². The molecule has 0 N–H and O–H groups in total. The zero-order valence-electron chi connectivity index (χ0n) is 11.5. The van der Waals surface area contributed by atoms with Gasteiger partial charge in [0.05, 0.1) is 6.04 Å². The van der Waals surface area contributed by atoms with Gasteiger partial charge in [0.1, 0.15) is 5.69 Å². The number of amides is 1. The molecule has 1 unspecified atom stereocenters. The van der Waals surface area contributed by atoms with E-state index in [9.17, 15) is 4.79 Å². The fraction of sp³-hybridized carbons (Fsp3) is 0.200. The fourth-order valence-electron chi connectivity index (χ4n) is 1.93. The maximum Gasteiger partial charge on any atom is 0.272 e. The minimum absolute atomic E-state index is 0.219. The van der Waals surface area contributed by atoms with Gasteiger partial charge in [-0.3, -0.25) is 9.78 Å². The maximum absolute atomic E-state index is 12.4. The van der Waals surface area contributed by atoms with E-state index in [1.807, 2.05) is 13.0 Å². The molecule has 2 aromatic rings. The molecule has 0 fully saturated rings. The second-order valence-electron chi connectivity index (χ2n) is 4.62. The summed E-state index contributed by atoms with van der Waals surface area (Å²) >= 11 is 18.0. The third-order valence-corrected chi connectivity index (χ3v) is 4.05. The number of carbonyl (C=O) groups excluding carboxylic acids is 1. The molecular formula is C15H13Cl3N2O. The highest BCUT2D eigenvalue weighted by molar-refractivity contribution is 6.35. The van der Waals surface area contributed by atoms with Crippen molar-refractivity contribution < 1.29 is 4.79 Å². The second-order valence-corrected chi connectivity index (χ2v) is 5.90. The SMILES string of the molecule is CC(c1ccc(Cl)cc1Cl)N(C)C(=O)c1cc(Cl)ccn1. The summed E-state index contributed by atoms with van der Waals surface area (Å²) in [6, 6.07) is 8.15. The quantitative estimate of drug-likeness (QED) is 0.796. The molecule has 1 aromatic carbocycles. The smallest absolute Gasteiger partial charge is 0.272 e. The van der Waals surface area contributed by atoms with Crippen molar-refractivity contribution in [2.75, 3.05) is 7.05 Å². The third kappa shape index (κ3) is 3.67. The number of rotatable bonds is 3. The third-order valence-electron chi connectivity index (χ3n) is 3.25. The van der Waals surface area contributed by atoms with E-state index in [1.165, 1.54) is 12.3 Å². The molecule has 0 aliphatic carbocycles. The molecule has 0 spiro atoms. The minimum Gasteiger partial charge on any atom is -0.334 e. The van der Waals surface area contributed by atoms with Crippen molar-refractivity contribution in [2.24, 2.45) is 0 Å². The first-order valence-electron chi connectivity index (χ1n) is 6.24. The van der Waals surface area contributed by atoms with Crippen LogP contribution in [0, 0.1) is 0 Å². The number of carbonyl (C=O) groups is 1. The fourth-order valence-corrected chi connectivity index (χ4v) is 2.65. The lowest BCUT2D eigenvalue weighted by Gasteiger charge is -2.26. The predicted octanol–water partition coefficient (Wildman–Crippen LogP) is 4.88. The molecule has 1 amide bonds. The largest absolute Gasteiger partial charge is 0.334 e. The predicted molar refractivity (Wildman–Crippen MR) is 86.2 cm³/mol. The average molecular weight is 344 g/mol. The number of pyridine rings is 1. The number of halogens is 3. The summed E-state index contributed by atoms with van der Waals surface area (Å²) in [4.78, 5) is 18.0. The first-order valence-corrected chi connectivity index (χ1v) is 7.37. The summed E-state index contributed by atoms with van der Waals surface area (Å²) < 4.78 is 0. The second kappa shape index (κ2) is 6.65. The normalized spacial score (nSPS) is 12.0. The van der Waals surface area contributed by atoms with E-state index in [1.54, 1.807) is 30.1 Å². The van der Waals surface area contributed by atoms with Crippen LogP contribution in [-0.2, 0) is 0 Å². The van der Waals surface area contributed by atoms with Gasteiger partial charge in [0, 0.05) is 28.3 Å². The van der Waals surface area contributed by atoms with Crippen LogP contribution in [0.2, 0.25) is 15.1 Å². The lowest BCUT2D eigenvalue weighted by molar-refractivity contribution is 0.0737. The van der Waals surface area contributed by atoms with Gasteiger partial charge in [-0.25, -0.2) is 0 Å². The Bertz CT molecular complexity index is 676. The van der Waals surface area contributed by atoms with Crippen LogP contribution in [0.25, 0.3) is 0 Å². The maximum atomic E-state index is 12.4. The van der Waals surface area contributed by atoms with Gasteiger partial charge in [-0.2, -0.15) is 0 Å². The molecule has 0 saturated carbocycles. The number of hydrogen-bond donors (Lipinski definition) is 0. The van der Waals surface area contributed by atoms with E-state index in [-0.39, 0.29) is 11.9 Å². The molecule has 0 saturated heterocycles. The van der Waals surface area contributed by atoms with E-state index < -0.39 is 0 Å². The summed E-state index contributed by atoms with van der Waals surface area (Å²) in [7, 11) is 1.69. The van der Waals surface area contributed by atoms with Gasteiger partial charge in [0.15, 0.2) is 0 Å². The average Bonchev–Trinajstić information content (AvgIpc) is 2.45. The van der Waals surface area contributed by atoms with Crippen LogP contribution in [0.5, 0.6) is 0 Å². The van der Waals surface area contributed by atoms with E-state index >= 15 is 0 Å². The Labute approximate surface area is 138 Å². The van der Waals surface area contributed by atoms with Crippen LogP contribution in [0.1, 0.15) is 29.0 Å². The van der Waals surface area contributed by atoms with Gasteiger partial charge >= 0.3 is 0 Å². The minimum atomic E-state index is -0.226. The van der Waals surface area contributed by atoms with Gasteiger partial charge in [0.2, 0.25) is 0 Å². The first kappa shape index (κ1) is 16.1. The monoisotopic (exact) mass is 342 g/mol. The topological polar surface area (TPSA) is 33.2 Å². The molecule has 0 radical (unpaired) electrons. The zero-order chi connectivity index (χ0) is 15.6. The van der Waals surface area contributed by atoms with Gasteiger partial charge < -0.3 is 4.90 Å². The molecule has 0 aliphatic heterocycles. The molecule has 110 valence electrons. The van der Waals surface area contributed by atoms with Gasteiger partial charge in [-0.1, -0.05) is 40.9 Å². The van der Waals surface area contributed by atoms with Crippen molar-refractivity contribution in [3.63, 3.8) is 0 Å². The Morgan fingerprint density at radius 3 is 2.43 bits per heavy atom. The number of aromatic nitrogens is 1. The standard InChI is InChI=1S/C15H13Cl3N2O/c1-9(12-4-3-10(16)7-13(12)18)20(2)15(21)14-8-11(17)5-6-19-14/h3-9H,1-2H3. The molecular weight excluding hydrogens is 331 g/mol. The molecule has 1 aromatic heterocycles. The van der Waals surface area contributed by atoms with Crippen molar-refractivity contribution in [3.8, 4) is 0 Å². The lowest BCUT2D eigenvalue weighted by atomic mass is 10.1. The van der Waals surface area contributed by atoms with Gasteiger partial charge in [-0.05, 0) is 36.8 Å². The van der Waals surface area contributed by atoms with E-state index in [0.717, 1.165) is 5.56 Å². The summed E-state index contributed by atoms with van der Waals surface area (Å²) in [6.07, 6.45) is 1.50. The molecule has 3 nitrogen and oxygen atoms in total. The Morgan fingerprint density at radius 1 is 1.14 bits per heavy atom. The Morgan fingerprint density at radius 2 is 1.81 bits per heavy atom. The van der Waals surface area contributed by atoms with Crippen LogP contribution in [0.15, 0.2) is 36.5 Å². The summed E-state index contributed by atoms with van der Waals surface area (Å²) in [5.74, 6) is -0.226. The van der Waals surface area contributed by atoms with Crippen LogP contribution < -0.4 is 0 Å². The van der Waals surface area contributed by atoms with E-state index in [4.69, 9.17) is 34.8 Å². The highest BCUT2D eigenvalue weighted by Crippen LogP contribution is 2.29. The van der Waals surface area contributed by atoms with Crippen molar-refractivity contribution in [1.82, 2.24) is 9.88 Å². The molecule has 2 rings (SSSR count). The molecule has 21 heavy (non-hydrogen) atoms. The Kier molecular flexibility index (Phi) is 5.09.